The van der Waals surface area contributed by atoms with Crippen molar-refractivity contribution in [3.8, 4) is 6.19 Å². The Bertz CT molecular complexity index is 278. The van der Waals surface area contributed by atoms with Crippen molar-refractivity contribution < 1.29 is 0 Å². The predicted molar refractivity (Wildman–Crippen MR) is 44.8 cm³/mol. The predicted octanol–water partition coefficient (Wildman–Crippen LogP) is 1.47. The Balaban J connectivity index is 3.01. The number of aryl methyl sites for hydroxylation is 1. The molecule has 1 rings (SSSR count). The molecule has 56 valence electrons. The highest BCUT2D eigenvalue weighted by Gasteiger charge is 1.92. The monoisotopic (exact) mass is 147 g/mol. The molecule has 0 spiro atoms. The van der Waals surface area contributed by atoms with Crippen molar-refractivity contribution in [1.82, 2.24) is 0 Å². The molecule has 1 aromatic rings. The molecule has 0 saturated carbocycles. The lowest BCUT2D eigenvalue weighted by atomic mass is 10.2. The Morgan fingerprint density at radius 1 is 1.45 bits per heavy atom. The van der Waals surface area contributed by atoms with Crippen LogP contribution < -0.4 is 11.1 Å². The fourth-order valence-electron chi connectivity index (χ4n) is 0.949. The van der Waals surface area contributed by atoms with Crippen molar-refractivity contribution in [2.24, 2.45) is 0 Å². The normalized spacial score (nSPS) is 8.73. The molecule has 0 fully saturated rings. The van der Waals surface area contributed by atoms with Crippen LogP contribution in [0.3, 0.4) is 0 Å². The number of nitriles is 1. The molecule has 0 atom stereocenters. The number of anilines is 2. The number of hydrogen-bond acceptors (Lipinski definition) is 3. The van der Waals surface area contributed by atoms with Crippen molar-refractivity contribution in [1.29, 1.82) is 5.26 Å². The van der Waals surface area contributed by atoms with E-state index in [4.69, 9.17) is 11.0 Å². The maximum absolute atomic E-state index is 8.30. The molecule has 11 heavy (non-hydrogen) atoms. The van der Waals surface area contributed by atoms with Gasteiger partial charge in [-0.1, -0.05) is 0 Å². The van der Waals surface area contributed by atoms with Crippen molar-refractivity contribution in [2.45, 2.75) is 6.92 Å². The number of benzene rings is 1. The molecule has 0 bridgehead atoms. The van der Waals surface area contributed by atoms with Crippen molar-refractivity contribution in [3.63, 3.8) is 0 Å². The summed E-state index contributed by atoms with van der Waals surface area (Å²) in [5.74, 6) is 0. The first-order valence-electron chi connectivity index (χ1n) is 3.24. The molecule has 0 heterocycles. The second-order valence-corrected chi connectivity index (χ2v) is 2.37. The Kier molecular flexibility index (Phi) is 1.98. The number of rotatable bonds is 1. The molecule has 0 aromatic heterocycles. The summed E-state index contributed by atoms with van der Waals surface area (Å²) >= 11 is 0. The number of nitrogens with two attached hydrogens (primary N) is 1. The van der Waals surface area contributed by atoms with Gasteiger partial charge in [0.25, 0.3) is 0 Å². The van der Waals surface area contributed by atoms with Crippen molar-refractivity contribution in [2.75, 3.05) is 11.1 Å². The minimum Gasteiger partial charge on any atom is -0.399 e. The second kappa shape index (κ2) is 2.93. The molecule has 0 aliphatic carbocycles. The smallest absolute Gasteiger partial charge is 0.181 e. The van der Waals surface area contributed by atoms with E-state index in [1.807, 2.05) is 25.2 Å². The van der Waals surface area contributed by atoms with Crippen LogP contribution in [0.25, 0.3) is 0 Å². The summed E-state index contributed by atoms with van der Waals surface area (Å²) in [6, 6.07) is 5.43. The fraction of sp³-hybridized carbons (Fsp3) is 0.125. The Labute approximate surface area is 65.4 Å². The molecule has 3 N–H and O–H groups in total. The Hall–Kier alpha value is -1.69. The van der Waals surface area contributed by atoms with E-state index in [9.17, 15) is 0 Å². The number of nitrogens with zero attached hydrogens (tertiary/aromatic N) is 1. The van der Waals surface area contributed by atoms with Crippen molar-refractivity contribution in [3.05, 3.63) is 23.8 Å². The SMILES string of the molecule is Cc1cc(N)cc(NC#N)c1. The zero-order chi connectivity index (χ0) is 8.27. The number of nitrogens with one attached hydrogen (secondary N) is 1. The average molecular weight is 147 g/mol. The van der Waals surface area contributed by atoms with Gasteiger partial charge in [0.05, 0.1) is 5.69 Å². The highest BCUT2D eigenvalue weighted by atomic mass is 14.9. The minimum atomic E-state index is 0.669. The van der Waals surface area contributed by atoms with Gasteiger partial charge in [0, 0.05) is 5.69 Å². The van der Waals surface area contributed by atoms with Gasteiger partial charge in [-0.15, -0.1) is 0 Å². The summed E-state index contributed by atoms with van der Waals surface area (Å²) in [5, 5.41) is 10.8. The van der Waals surface area contributed by atoms with Gasteiger partial charge in [-0.05, 0) is 30.7 Å². The maximum Gasteiger partial charge on any atom is 0.181 e. The van der Waals surface area contributed by atoms with Crippen LogP contribution in [0.15, 0.2) is 18.2 Å². The van der Waals surface area contributed by atoms with Gasteiger partial charge < -0.3 is 5.73 Å². The fourth-order valence-corrected chi connectivity index (χ4v) is 0.949. The van der Waals surface area contributed by atoms with Gasteiger partial charge in [-0.3, -0.25) is 5.32 Å². The van der Waals surface area contributed by atoms with E-state index in [1.54, 1.807) is 6.07 Å². The van der Waals surface area contributed by atoms with Crippen LogP contribution in [0.2, 0.25) is 0 Å². The van der Waals surface area contributed by atoms with E-state index >= 15 is 0 Å². The first kappa shape index (κ1) is 7.42. The highest BCUT2D eigenvalue weighted by Crippen LogP contribution is 2.14. The van der Waals surface area contributed by atoms with Crippen LogP contribution in [-0.4, -0.2) is 0 Å². The average Bonchev–Trinajstić information content (AvgIpc) is 1.85. The number of hydrogen-bond donors (Lipinski definition) is 2. The lowest BCUT2D eigenvalue weighted by Crippen LogP contribution is -1.91. The topological polar surface area (TPSA) is 61.8 Å². The number of nitrogen functional groups attached to an aromatic ring is 1. The minimum absolute atomic E-state index is 0.669. The second-order valence-electron chi connectivity index (χ2n) is 2.37. The molecule has 3 nitrogen and oxygen atoms in total. The van der Waals surface area contributed by atoms with Crippen LogP contribution in [0, 0.1) is 18.4 Å². The molecule has 0 unspecified atom stereocenters. The maximum atomic E-state index is 8.30. The van der Waals surface area contributed by atoms with Crippen LogP contribution in [0.4, 0.5) is 11.4 Å². The molecule has 3 heteroatoms. The highest BCUT2D eigenvalue weighted by molar-refractivity contribution is 5.58. The quantitative estimate of drug-likeness (QED) is 0.359. The van der Waals surface area contributed by atoms with Crippen molar-refractivity contribution >= 4 is 11.4 Å². The summed E-state index contributed by atoms with van der Waals surface area (Å²) in [6.45, 7) is 1.93. The van der Waals surface area contributed by atoms with Gasteiger partial charge in [-0.25, -0.2) is 0 Å². The van der Waals surface area contributed by atoms with E-state index < -0.39 is 0 Å². The van der Waals surface area contributed by atoms with Crippen LogP contribution in [0.1, 0.15) is 5.56 Å². The standard InChI is InChI=1S/C8H9N3/c1-6-2-7(10)4-8(3-6)11-5-9/h2-4,11H,10H2,1H3. The summed E-state index contributed by atoms with van der Waals surface area (Å²) in [5.41, 5.74) is 7.99. The van der Waals surface area contributed by atoms with E-state index in [-0.39, 0.29) is 0 Å². The molecular weight excluding hydrogens is 138 g/mol. The summed E-state index contributed by atoms with van der Waals surface area (Å²) in [4.78, 5) is 0. The summed E-state index contributed by atoms with van der Waals surface area (Å²) in [7, 11) is 0. The third kappa shape index (κ3) is 1.87. The molecule has 0 amide bonds. The Morgan fingerprint density at radius 3 is 2.73 bits per heavy atom. The van der Waals surface area contributed by atoms with Crippen LogP contribution in [-0.2, 0) is 0 Å². The van der Waals surface area contributed by atoms with Gasteiger partial charge in [0.1, 0.15) is 0 Å². The largest absolute Gasteiger partial charge is 0.399 e. The Morgan fingerprint density at radius 2 is 2.18 bits per heavy atom. The van der Waals surface area contributed by atoms with Crippen LogP contribution >= 0.6 is 0 Å². The van der Waals surface area contributed by atoms with Gasteiger partial charge in [0.15, 0.2) is 6.19 Å². The third-order valence-corrected chi connectivity index (χ3v) is 1.30. The third-order valence-electron chi connectivity index (χ3n) is 1.30. The zero-order valence-electron chi connectivity index (χ0n) is 6.26. The van der Waals surface area contributed by atoms with Gasteiger partial charge in [-0.2, -0.15) is 5.26 Å². The lowest BCUT2D eigenvalue weighted by Gasteiger charge is -2.00. The summed E-state index contributed by atoms with van der Waals surface area (Å²) < 4.78 is 0. The first-order valence-corrected chi connectivity index (χ1v) is 3.24. The molecule has 0 aliphatic heterocycles. The lowest BCUT2D eigenvalue weighted by molar-refractivity contribution is 1.43. The molecule has 1 aromatic carbocycles. The van der Waals surface area contributed by atoms with E-state index in [1.165, 1.54) is 0 Å². The molecule has 0 saturated heterocycles. The zero-order valence-corrected chi connectivity index (χ0v) is 6.26. The summed E-state index contributed by atoms with van der Waals surface area (Å²) in [6.07, 6.45) is 1.83. The van der Waals surface area contributed by atoms with Gasteiger partial charge in [0.2, 0.25) is 0 Å². The molecular formula is C8H9N3. The van der Waals surface area contributed by atoms with E-state index in [0.717, 1.165) is 11.3 Å². The van der Waals surface area contributed by atoms with Crippen LogP contribution in [0.5, 0.6) is 0 Å². The van der Waals surface area contributed by atoms with E-state index in [2.05, 4.69) is 5.32 Å². The van der Waals surface area contributed by atoms with Gasteiger partial charge >= 0.3 is 0 Å². The molecule has 0 radical (unpaired) electrons. The van der Waals surface area contributed by atoms with E-state index in [0.29, 0.717) is 5.69 Å². The molecule has 0 aliphatic rings. The first-order chi connectivity index (χ1) is 5.22.